The van der Waals surface area contributed by atoms with E-state index in [4.69, 9.17) is 5.41 Å². The Hall–Kier alpha value is -2.12. The van der Waals surface area contributed by atoms with E-state index in [1.807, 2.05) is 45.0 Å². The SMILES string of the molecule is CC(=O)C(=N)[C@H](C(=O)C1C[C@H](O)C[C@H]1c1ncc(-c2ccc(Br)cc2)[nH]1)C(C)(C)C. The molecule has 160 valence electrons. The number of aliphatic hydroxyl groups excluding tert-OH is 1. The molecule has 4 atom stereocenters. The van der Waals surface area contributed by atoms with Gasteiger partial charge in [0.25, 0.3) is 0 Å². The van der Waals surface area contributed by atoms with Gasteiger partial charge >= 0.3 is 0 Å². The Labute approximate surface area is 185 Å². The molecule has 1 aromatic carbocycles. The number of rotatable bonds is 6. The van der Waals surface area contributed by atoms with Crippen LogP contribution in [0.1, 0.15) is 52.3 Å². The third-order valence-electron chi connectivity index (χ3n) is 5.82. The van der Waals surface area contributed by atoms with Crippen LogP contribution in [0.3, 0.4) is 0 Å². The molecule has 0 radical (unpaired) electrons. The summed E-state index contributed by atoms with van der Waals surface area (Å²) < 4.78 is 0.983. The van der Waals surface area contributed by atoms with E-state index in [1.54, 1.807) is 6.20 Å². The van der Waals surface area contributed by atoms with E-state index in [-0.39, 0.29) is 17.4 Å². The van der Waals surface area contributed by atoms with Crippen molar-refractivity contribution < 1.29 is 14.7 Å². The van der Waals surface area contributed by atoms with E-state index in [0.29, 0.717) is 18.7 Å². The molecule has 1 aromatic heterocycles. The van der Waals surface area contributed by atoms with Gasteiger partial charge in [0.1, 0.15) is 11.6 Å². The fourth-order valence-electron chi connectivity index (χ4n) is 4.35. The molecule has 0 spiro atoms. The van der Waals surface area contributed by atoms with Gasteiger partial charge in [0.2, 0.25) is 0 Å². The number of aromatic amines is 1. The Balaban J connectivity index is 1.92. The number of imidazole rings is 1. The van der Waals surface area contributed by atoms with Gasteiger partial charge < -0.3 is 15.5 Å². The van der Waals surface area contributed by atoms with Crippen LogP contribution < -0.4 is 0 Å². The summed E-state index contributed by atoms with van der Waals surface area (Å²) in [6.45, 7) is 6.93. The molecule has 0 bridgehead atoms. The van der Waals surface area contributed by atoms with E-state index < -0.39 is 29.1 Å². The van der Waals surface area contributed by atoms with Gasteiger partial charge in [-0.2, -0.15) is 0 Å². The molecule has 1 fully saturated rings. The fourth-order valence-corrected chi connectivity index (χ4v) is 4.61. The zero-order valence-corrected chi connectivity index (χ0v) is 19.3. The van der Waals surface area contributed by atoms with Crippen molar-refractivity contribution in [2.24, 2.45) is 17.3 Å². The number of benzene rings is 1. The smallest absolute Gasteiger partial charge is 0.174 e. The van der Waals surface area contributed by atoms with Crippen molar-refractivity contribution in [3.05, 3.63) is 40.8 Å². The van der Waals surface area contributed by atoms with Crippen LogP contribution in [-0.4, -0.2) is 38.5 Å². The van der Waals surface area contributed by atoms with E-state index in [9.17, 15) is 14.7 Å². The molecular weight excluding hydrogens is 446 g/mol. The van der Waals surface area contributed by atoms with Crippen LogP contribution >= 0.6 is 15.9 Å². The van der Waals surface area contributed by atoms with E-state index in [2.05, 4.69) is 25.9 Å². The maximum atomic E-state index is 13.5. The first kappa shape index (κ1) is 22.6. The predicted octanol–water partition coefficient (Wildman–Crippen LogP) is 4.53. The highest BCUT2D eigenvalue weighted by Crippen LogP contribution is 2.43. The van der Waals surface area contributed by atoms with Crippen molar-refractivity contribution in [3.63, 3.8) is 0 Å². The van der Waals surface area contributed by atoms with Crippen LogP contribution in [0.15, 0.2) is 34.9 Å². The lowest BCUT2D eigenvalue weighted by atomic mass is 9.70. The maximum Gasteiger partial charge on any atom is 0.174 e. The van der Waals surface area contributed by atoms with Gasteiger partial charge in [0, 0.05) is 23.2 Å². The summed E-state index contributed by atoms with van der Waals surface area (Å²) in [5.41, 5.74) is 1.09. The molecule has 1 unspecified atom stereocenters. The second-order valence-electron chi connectivity index (χ2n) is 9.20. The van der Waals surface area contributed by atoms with Gasteiger partial charge in [0.15, 0.2) is 5.78 Å². The third kappa shape index (κ3) is 4.62. The summed E-state index contributed by atoms with van der Waals surface area (Å²) >= 11 is 3.43. The quantitative estimate of drug-likeness (QED) is 0.535. The van der Waals surface area contributed by atoms with E-state index in [0.717, 1.165) is 15.7 Å². The van der Waals surface area contributed by atoms with Crippen molar-refractivity contribution in [1.82, 2.24) is 9.97 Å². The highest BCUT2D eigenvalue weighted by Gasteiger charge is 2.47. The Morgan fingerprint density at radius 1 is 1.23 bits per heavy atom. The standard InChI is InChI=1S/C23H28BrN3O3/c1-12(28)20(25)19(23(2,3)4)21(30)16-9-15(29)10-17(16)22-26-11-18(27-22)13-5-7-14(24)8-6-13/h5-8,11,15-17,19,25,29H,9-10H2,1-4H3,(H,26,27)/t15-,16?,17+,19+/m0/s1. The normalized spacial score (nSPS) is 22.7. The second-order valence-corrected chi connectivity index (χ2v) is 10.1. The van der Waals surface area contributed by atoms with Gasteiger partial charge in [-0.3, -0.25) is 9.59 Å². The molecule has 7 heteroatoms. The summed E-state index contributed by atoms with van der Waals surface area (Å²) in [4.78, 5) is 33.3. The Morgan fingerprint density at radius 2 is 1.87 bits per heavy atom. The first-order valence-electron chi connectivity index (χ1n) is 10.1. The largest absolute Gasteiger partial charge is 0.393 e. The molecule has 1 aliphatic rings. The number of aliphatic hydroxyl groups is 1. The summed E-state index contributed by atoms with van der Waals surface area (Å²) in [7, 11) is 0. The van der Waals surface area contributed by atoms with Gasteiger partial charge in [-0.25, -0.2) is 4.98 Å². The molecule has 0 aliphatic heterocycles. The minimum Gasteiger partial charge on any atom is -0.393 e. The van der Waals surface area contributed by atoms with Gasteiger partial charge in [-0.05, 0) is 36.0 Å². The molecule has 0 amide bonds. The van der Waals surface area contributed by atoms with Gasteiger partial charge in [-0.15, -0.1) is 0 Å². The molecule has 6 nitrogen and oxygen atoms in total. The zero-order valence-electron chi connectivity index (χ0n) is 17.7. The van der Waals surface area contributed by atoms with E-state index in [1.165, 1.54) is 6.92 Å². The Morgan fingerprint density at radius 3 is 2.43 bits per heavy atom. The molecule has 3 rings (SSSR count). The minimum absolute atomic E-state index is 0.161. The van der Waals surface area contributed by atoms with Crippen LogP contribution in [0, 0.1) is 22.7 Å². The number of hydrogen-bond donors (Lipinski definition) is 3. The molecular formula is C23H28BrN3O3. The Bertz CT molecular complexity index is 959. The highest BCUT2D eigenvalue weighted by molar-refractivity contribution is 9.10. The number of nitrogens with one attached hydrogen (secondary N) is 2. The molecule has 2 aromatic rings. The highest BCUT2D eigenvalue weighted by atomic mass is 79.9. The number of carbonyl (C=O) groups is 2. The van der Waals surface area contributed by atoms with Crippen molar-refractivity contribution in [2.45, 2.75) is 52.6 Å². The monoisotopic (exact) mass is 473 g/mol. The first-order chi connectivity index (χ1) is 14.0. The summed E-state index contributed by atoms with van der Waals surface area (Å²) in [5.74, 6) is -1.48. The first-order valence-corrected chi connectivity index (χ1v) is 10.9. The topological polar surface area (TPSA) is 107 Å². The molecule has 1 heterocycles. The number of ketones is 2. The lowest BCUT2D eigenvalue weighted by Gasteiger charge is -2.32. The van der Waals surface area contributed by atoms with Crippen LogP contribution in [0.5, 0.6) is 0 Å². The lowest BCUT2D eigenvalue weighted by Crippen LogP contribution is -2.42. The second kappa shape index (κ2) is 8.55. The average Bonchev–Trinajstić information content (AvgIpc) is 3.27. The minimum atomic E-state index is -0.811. The molecule has 3 N–H and O–H groups in total. The number of H-pyrrole nitrogens is 1. The average molecular weight is 474 g/mol. The number of Topliss-reactive ketones (excluding diaryl/α,β-unsaturated/α-hetero) is 2. The molecule has 0 saturated heterocycles. The van der Waals surface area contributed by atoms with Crippen molar-refractivity contribution in [2.75, 3.05) is 0 Å². The number of halogens is 1. The van der Waals surface area contributed by atoms with Crippen LogP contribution in [0.2, 0.25) is 0 Å². The third-order valence-corrected chi connectivity index (χ3v) is 6.35. The van der Waals surface area contributed by atoms with Crippen molar-refractivity contribution in [3.8, 4) is 11.3 Å². The number of nitrogens with zero attached hydrogens (tertiary/aromatic N) is 1. The van der Waals surface area contributed by atoms with Gasteiger partial charge in [0.05, 0.1) is 29.6 Å². The number of aromatic nitrogens is 2. The lowest BCUT2D eigenvalue weighted by molar-refractivity contribution is -0.128. The maximum absolute atomic E-state index is 13.5. The summed E-state index contributed by atoms with van der Waals surface area (Å²) in [6.07, 6.45) is 1.87. The van der Waals surface area contributed by atoms with E-state index >= 15 is 0 Å². The number of carbonyl (C=O) groups excluding carboxylic acids is 2. The Kier molecular flexibility index (Phi) is 6.43. The zero-order chi connectivity index (χ0) is 22.2. The predicted molar refractivity (Wildman–Crippen MR) is 120 cm³/mol. The van der Waals surface area contributed by atoms with Crippen molar-refractivity contribution >= 4 is 33.2 Å². The van der Waals surface area contributed by atoms with Crippen LogP contribution in [0.25, 0.3) is 11.3 Å². The molecule has 1 aliphatic carbocycles. The molecule has 30 heavy (non-hydrogen) atoms. The summed E-state index contributed by atoms with van der Waals surface area (Å²) in [5, 5.41) is 18.6. The fraction of sp³-hybridized carbons (Fsp3) is 0.478. The van der Waals surface area contributed by atoms with Gasteiger partial charge in [-0.1, -0.05) is 48.8 Å². The molecule has 1 saturated carbocycles. The number of hydrogen-bond acceptors (Lipinski definition) is 5. The summed E-state index contributed by atoms with van der Waals surface area (Å²) in [6, 6.07) is 7.83. The van der Waals surface area contributed by atoms with Crippen molar-refractivity contribution in [1.29, 1.82) is 5.41 Å². The van der Waals surface area contributed by atoms with Crippen LogP contribution in [-0.2, 0) is 9.59 Å². The van der Waals surface area contributed by atoms with Crippen LogP contribution in [0.4, 0.5) is 0 Å².